The smallest absolute Gasteiger partial charge is 0.252 e. The Morgan fingerprint density at radius 2 is 2.22 bits per heavy atom. The lowest BCUT2D eigenvalue weighted by atomic mass is 10.1. The molecule has 1 aromatic rings. The Labute approximate surface area is 134 Å². The maximum absolute atomic E-state index is 12.3. The number of carbonyl (C=O) groups excluding carboxylic acids is 2. The van der Waals surface area contributed by atoms with E-state index in [0.29, 0.717) is 30.7 Å². The van der Waals surface area contributed by atoms with Gasteiger partial charge in [0, 0.05) is 26.1 Å². The summed E-state index contributed by atoms with van der Waals surface area (Å²) in [6, 6.07) is 0.328. The molecule has 0 bridgehead atoms. The summed E-state index contributed by atoms with van der Waals surface area (Å²) in [5.41, 5.74) is 0. The zero-order valence-electron chi connectivity index (χ0n) is 13.3. The van der Waals surface area contributed by atoms with E-state index in [2.05, 4.69) is 15.5 Å². The third-order valence-corrected chi connectivity index (χ3v) is 4.49. The summed E-state index contributed by atoms with van der Waals surface area (Å²) in [7, 11) is 1.54. The predicted octanol–water partition coefficient (Wildman–Crippen LogP) is 0.623. The van der Waals surface area contributed by atoms with E-state index in [1.165, 1.54) is 12.8 Å². The minimum Gasteiger partial charge on any atom is -0.375 e. The van der Waals surface area contributed by atoms with Crippen LogP contribution in [0.3, 0.4) is 0 Å². The summed E-state index contributed by atoms with van der Waals surface area (Å²) in [5, 5.41) is 6.55. The summed E-state index contributed by atoms with van der Waals surface area (Å²) in [6.45, 7) is 0.963. The highest BCUT2D eigenvalue weighted by atomic mass is 16.5. The molecule has 1 saturated carbocycles. The minimum atomic E-state index is -0.284. The molecule has 1 aliphatic heterocycles. The van der Waals surface area contributed by atoms with Crippen LogP contribution in [0.2, 0.25) is 0 Å². The molecule has 0 spiro atoms. The molecule has 8 heteroatoms. The first-order valence-corrected chi connectivity index (χ1v) is 8.05. The van der Waals surface area contributed by atoms with Crippen LogP contribution in [-0.4, -0.2) is 46.6 Å². The zero-order valence-corrected chi connectivity index (χ0v) is 13.3. The van der Waals surface area contributed by atoms with Crippen molar-refractivity contribution in [2.45, 2.75) is 51.3 Å². The van der Waals surface area contributed by atoms with Crippen LogP contribution in [0.5, 0.6) is 0 Å². The molecular formula is C15H22N4O4. The van der Waals surface area contributed by atoms with Gasteiger partial charge in [-0.2, -0.15) is 4.98 Å². The van der Waals surface area contributed by atoms with Crippen LogP contribution in [0.1, 0.15) is 43.8 Å². The van der Waals surface area contributed by atoms with E-state index in [1.54, 1.807) is 7.11 Å². The Morgan fingerprint density at radius 1 is 1.43 bits per heavy atom. The van der Waals surface area contributed by atoms with Gasteiger partial charge in [-0.25, -0.2) is 0 Å². The third kappa shape index (κ3) is 3.69. The second-order valence-electron chi connectivity index (χ2n) is 6.14. The first-order chi connectivity index (χ1) is 11.2. The molecule has 0 unspecified atom stereocenters. The molecule has 126 valence electrons. The molecule has 1 N–H and O–H groups in total. The summed E-state index contributed by atoms with van der Waals surface area (Å²) in [5.74, 6) is 0.465. The normalized spacial score (nSPS) is 22.0. The number of rotatable bonds is 6. The lowest BCUT2D eigenvalue weighted by molar-refractivity contribution is -0.130. The Hall–Kier alpha value is -1.96. The number of hydrogen-bond acceptors (Lipinski definition) is 6. The topological polar surface area (TPSA) is 97.6 Å². The molecule has 23 heavy (non-hydrogen) atoms. The monoisotopic (exact) mass is 322 g/mol. The number of amides is 2. The van der Waals surface area contributed by atoms with Crippen molar-refractivity contribution in [2.75, 3.05) is 13.7 Å². The van der Waals surface area contributed by atoms with Crippen molar-refractivity contribution in [3.8, 4) is 0 Å². The molecule has 2 aliphatic rings. The van der Waals surface area contributed by atoms with Gasteiger partial charge < -0.3 is 19.5 Å². The number of ether oxygens (including phenoxy) is 1. The van der Waals surface area contributed by atoms with Crippen LogP contribution >= 0.6 is 0 Å². The average molecular weight is 322 g/mol. The number of likely N-dealkylation sites (tertiary alicyclic amines) is 1. The van der Waals surface area contributed by atoms with Gasteiger partial charge in [0.2, 0.25) is 11.8 Å². The first kappa shape index (κ1) is 15.9. The predicted molar refractivity (Wildman–Crippen MR) is 78.9 cm³/mol. The number of nitrogens with zero attached hydrogens (tertiary/aromatic N) is 3. The summed E-state index contributed by atoms with van der Waals surface area (Å²) >= 11 is 0. The van der Waals surface area contributed by atoms with E-state index in [1.807, 2.05) is 4.90 Å². The van der Waals surface area contributed by atoms with Crippen molar-refractivity contribution in [3.05, 3.63) is 11.7 Å². The highest BCUT2D eigenvalue weighted by Crippen LogP contribution is 2.29. The SMILES string of the molecule is COCc1nc(CNC(=O)[C@H]2CC(=O)N(C3CCCC3)C2)no1. The minimum absolute atomic E-state index is 0.0963. The number of carbonyl (C=O) groups is 2. The van der Waals surface area contributed by atoms with Crippen LogP contribution in [0, 0.1) is 5.92 Å². The Bertz CT molecular complexity index is 568. The molecule has 3 rings (SSSR count). The van der Waals surface area contributed by atoms with Gasteiger partial charge in [-0.3, -0.25) is 9.59 Å². The largest absolute Gasteiger partial charge is 0.375 e. The van der Waals surface area contributed by atoms with E-state index in [0.717, 1.165) is 12.8 Å². The highest BCUT2D eigenvalue weighted by Gasteiger charge is 2.38. The van der Waals surface area contributed by atoms with Crippen molar-refractivity contribution in [3.63, 3.8) is 0 Å². The van der Waals surface area contributed by atoms with E-state index >= 15 is 0 Å². The number of hydrogen-bond donors (Lipinski definition) is 1. The van der Waals surface area contributed by atoms with E-state index in [-0.39, 0.29) is 30.9 Å². The van der Waals surface area contributed by atoms with Crippen LogP contribution in [0.4, 0.5) is 0 Å². The van der Waals surface area contributed by atoms with Crippen molar-refractivity contribution < 1.29 is 18.8 Å². The Balaban J connectivity index is 1.49. The van der Waals surface area contributed by atoms with Crippen molar-refractivity contribution >= 4 is 11.8 Å². The fourth-order valence-corrected chi connectivity index (χ4v) is 3.33. The zero-order chi connectivity index (χ0) is 16.2. The van der Waals surface area contributed by atoms with Gasteiger partial charge in [-0.05, 0) is 12.8 Å². The molecular weight excluding hydrogens is 300 g/mol. The Kier molecular flexibility index (Phi) is 4.90. The molecule has 2 heterocycles. The van der Waals surface area contributed by atoms with Crippen molar-refractivity contribution in [2.24, 2.45) is 5.92 Å². The molecule has 0 aromatic carbocycles. The molecule has 1 saturated heterocycles. The van der Waals surface area contributed by atoms with E-state index in [4.69, 9.17) is 9.26 Å². The van der Waals surface area contributed by atoms with Crippen LogP contribution in [-0.2, 0) is 27.5 Å². The highest BCUT2D eigenvalue weighted by molar-refractivity contribution is 5.89. The quantitative estimate of drug-likeness (QED) is 0.824. The van der Waals surface area contributed by atoms with Gasteiger partial charge in [0.05, 0.1) is 12.5 Å². The van der Waals surface area contributed by atoms with Crippen LogP contribution in [0.25, 0.3) is 0 Å². The maximum atomic E-state index is 12.3. The molecule has 1 aliphatic carbocycles. The van der Waals surface area contributed by atoms with Crippen molar-refractivity contribution in [1.29, 1.82) is 0 Å². The van der Waals surface area contributed by atoms with E-state index < -0.39 is 0 Å². The van der Waals surface area contributed by atoms with Gasteiger partial charge in [0.1, 0.15) is 6.61 Å². The maximum Gasteiger partial charge on any atom is 0.252 e. The number of nitrogens with one attached hydrogen (secondary N) is 1. The Morgan fingerprint density at radius 3 is 2.96 bits per heavy atom. The molecule has 1 atom stereocenters. The standard InChI is InChI=1S/C15H22N4O4/c1-22-9-13-17-12(18-23-13)7-16-15(21)10-6-14(20)19(8-10)11-4-2-3-5-11/h10-11H,2-9H2,1H3,(H,16,21)/t10-/m0/s1. The van der Waals surface area contributed by atoms with Crippen molar-refractivity contribution in [1.82, 2.24) is 20.4 Å². The number of methoxy groups -OCH3 is 1. The lowest BCUT2D eigenvalue weighted by Crippen LogP contribution is -2.36. The molecule has 2 amide bonds. The van der Waals surface area contributed by atoms with Crippen LogP contribution in [0.15, 0.2) is 4.52 Å². The van der Waals surface area contributed by atoms with Gasteiger partial charge in [-0.15, -0.1) is 0 Å². The molecule has 1 aromatic heterocycles. The summed E-state index contributed by atoms with van der Waals surface area (Å²) in [6.07, 6.45) is 4.76. The first-order valence-electron chi connectivity index (χ1n) is 8.05. The van der Waals surface area contributed by atoms with Crippen LogP contribution < -0.4 is 5.32 Å². The fourth-order valence-electron chi connectivity index (χ4n) is 3.33. The summed E-state index contributed by atoms with van der Waals surface area (Å²) < 4.78 is 9.86. The third-order valence-electron chi connectivity index (χ3n) is 4.49. The fraction of sp³-hybridized carbons (Fsp3) is 0.733. The molecule has 8 nitrogen and oxygen atoms in total. The second kappa shape index (κ2) is 7.08. The molecule has 0 radical (unpaired) electrons. The van der Waals surface area contributed by atoms with Gasteiger partial charge >= 0.3 is 0 Å². The van der Waals surface area contributed by atoms with E-state index in [9.17, 15) is 9.59 Å². The van der Waals surface area contributed by atoms with Gasteiger partial charge in [-0.1, -0.05) is 18.0 Å². The molecule has 2 fully saturated rings. The average Bonchev–Trinajstić information content (AvgIpc) is 3.25. The lowest BCUT2D eigenvalue weighted by Gasteiger charge is -2.23. The number of aromatic nitrogens is 2. The summed E-state index contributed by atoms with van der Waals surface area (Å²) in [4.78, 5) is 30.4. The van der Waals surface area contributed by atoms with Gasteiger partial charge in [0.25, 0.3) is 5.89 Å². The second-order valence-corrected chi connectivity index (χ2v) is 6.14. The van der Waals surface area contributed by atoms with Gasteiger partial charge in [0.15, 0.2) is 5.82 Å².